The fraction of sp³-hybridized carbons (Fsp3) is 0.250. The van der Waals surface area contributed by atoms with Crippen molar-refractivity contribution in [2.24, 2.45) is 11.1 Å². The van der Waals surface area contributed by atoms with Crippen molar-refractivity contribution in [3.8, 4) is 21.9 Å². The van der Waals surface area contributed by atoms with Crippen LogP contribution in [0.5, 0.6) is 11.5 Å². The summed E-state index contributed by atoms with van der Waals surface area (Å²) in [6, 6.07) is 12.8. The zero-order chi connectivity index (χ0) is 31.6. The lowest BCUT2D eigenvalue weighted by atomic mass is 10.0. The number of amides is 2. The van der Waals surface area contributed by atoms with Crippen molar-refractivity contribution in [2.45, 2.75) is 19.4 Å². The quantitative estimate of drug-likeness (QED) is 0.132. The van der Waals surface area contributed by atoms with Crippen molar-refractivity contribution in [3.63, 3.8) is 0 Å². The Kier molecular flexibility index (Phi) is 8.57. The molecule has 2 aromatic carbocycles. The summed E-state index contributed by atoms with van der Waals surface area (Å²) in [5.41, 5.74) is 6.21. The van der Waals surface area contributed by atoms with Gasteiger partial charge in [0.2, 0.25) is 11.8 Å². The molecule has 2 amide bonds. The number of nitrogens with zero attached hydrogens (tertiary/aromatic N) is 4. The number of pyridine rings is 1. The van der Waals surface area contributed by atoms with Gasteiger partial charge in [-0.15, -0.1) is 11.3 Å². The van der Waals surface area contributed by atoms with Crippen LogP contribution in [0.15, 0.2) is 73.2 Å². The lowest BCUT2D eigenvalue weighted by Crippen LogP contribution is -2.41. The van der Waals surface area contributed by atoms with Gasteiger partial charge < -0.3 is 20.5 Å². The number of anilines is 2. The third-order valence-electron chi connectivity index (χ3n) is 7.61. The molecule has 5 aromatic rings. The molecule has 6 rings (SSSR count). The highest BCUT2D eigenvalue weighted by Crippen LogP contribution is 2.49. The molecule has 0 spiro atoms. The number of nitrogens with two attached hydrogens (primary N) is 1. The maximum Gasteiger partial charge on any atom is 0.247 e. The second-order valence-electron chi connectivity index (χ2n) is 10.6. The molecular weight excluding hydrogens is 602 g/mol. The molecule has 1 aliphatic rings. The minimum Gasteiger partial charge on any atom is -0.453 e. The average Bonchev–Trinajstić information content (AvgIpc) is 3.52. The summed E-state index contributed by atoms with van der Waals surface area (Å²) >= 11 is 1.45. The van der Waals surface area contributed by atoms with Crippen molar-refractivity contribution >= 4 is 44.7 Å². The average molecular weight is 633 g/mol. The lowest BCUT2D eigenvalue weighted by molar-refractivity contribution is -0.133. The van der Waals surface area contributed by atoms with E-state index in [-0.39, 0.29) is 30.0 Å². The van der Waals surface area contributed by atoms with Gasteiger partial charge in [0, 0.05) is 60.9 Å². The summed E-state index contributed by atoms with van der Waals surface area (Å²) < 4.78 is 42.9. The smallest absolute Gasteiger partial charge is 0.247 e. The number of carbonyl (C=O) groups is 2. The Hall–Kier alpha value is -4.72. The van der Waals surface area contributed by atoms with Crippen LogP contribution in [0, 0.1) is 17.0 Å². The molecule has 0 unspecified atom stereocenters. The molecule has 0 bridgehead atoms. The normalized spacial score (nSPS) is 13.6. The topological polar surface area (TPSA) is 125 Å². The number of primary amides is 1. The molecule has 0 atom stereocenters. The molecule has 13 heteroatoms. The van der Waals surface area contributed by atoms with Crippen molar-refractivity contribution in [3.05, 3.63) is 84.8 Å². The number of halogens is 2. The Labute approximate surface area is 261 Å². The maximum absolute atomic E-state index is 15.6. The van der Waals surface area contributed by atoms with Crippen LogP contribution in [0.2, 0.25) is 0 Å². The fourth-order valence-corrected chi connectivity index (χ4v) is 5.99. The molecule has 1 aliphatic carbocycles. The SMILES string of the molecule is COCCNCCn1cc(-c2cc3nccc(Oc4ccc(N(C(=O)C5(C(N)=O)CC5)c5ccc(F)cc5)cc4F)c3s2)cn1. The van der Waals surface area contributed by atoms with Gasteiger partial charge in [0.1, 0.15) is 17.0 Å². The Morgan fingerprint density at radius 3 is 2.56 bits per heavy atom. The first-order valence-electron chi connectivity index (χ1n) is 14.3. The highest BCUT2D eigenvalue weighted by Gasteiger charge is 2.57. The number of fused-ring (bicyclic) bond motifs is 1. The van der Waals surface area contributed by atoms with Gasteiger partial charge in [-0.2, -0.15) is 5.10 Å². The van der Waals surface area contributed by atoms with E-state index < -0.39 is 28.9 Å². The van der Waals surface area contributed by atoms with Crippen LogP contribution in [-0.4, -0.2) is 53.4 Å². The molecule has 45 heavy (non-hydrogen) atoms. The van der Waals surface area contributed by atoms with Crippen LogP contribution in [0.4, 0.5) is 20.2 Å². The second-order valence-corrected chi connectivity index (χ2v) is 11.7. The summed E-state index contributed by atoms with van der Waals surface area (Å²) in [7, 11) is 1.66. The molecule has 3 heterocycles. The zero-order valence-electron chi connectivity index (χ0n) is 24.3. The first kappa shape index (κ1) is 30.3. The van der Waals surface area contributed by atoms with Gasteiger partial charge >= 0.3 is 0 Å². The number of hydrogen-bond donors (Lipinski definition) is 2. The third kappa shape index (κ3) is 6.27. The van der Waals surface area contributed by atoms with E-state index in [4.69, 9.17) is 15.2 Å². The Bertz CT molecular complexity index is 1850. The standard InChI is InChI=1S/C32H30F2N6O4S/c1-43-15-13-36-12-14-39-19-20(18-38-39)28-17-25-29(45-28)27(8-11-37-25)44-26-7-6-23(16-24(26)34)40(22-4-2-21(33)3-5-22)31(42)32(9-10-32)30(35)41/h2-8,11,16-19,36H,9-10,12-15H2,1H3,(H2,35,41). The highest BCUT2D eigenvalue weighted by molar-refractivity contribution is 7.22. The minimum absolute atomic E-state index is 0.0717. The van der Waals surface area contributed by atoms with Crippen LogP contribution in [-0.2, 0) is 20.9 Å². The largest absolute Gasteiger partial charge is 0.453 e. The molecule has 0 saturated heterocycles. The number of benzene rings is 2. The number of methoxy groups -OCH3 is 1. The summed E-state index contributed by atoms with van der Waals surface area (Å²) in [4.78, 5) is 32.3. The molecule has 0 radical (unpaired) electrons. The lowest BCUT2D eigenvalue weighted by Gasteiger charge is -2.26. The van der Waals surface area contributed by atoms with Crippen LogP contribution in [0.1, 0.15) is 12.8 Å². The predicted molar refractivity (Wildman–Crippen MR) is 166 cm³/mol. The van der Waals surface area contributed by atoms with Gasteiger partial charge in [-0.25, -0.2) is 8.78 Å². The summed E-state index contributed by atoms with van der Waals surface area (Å²) in [5, 5.41) is 7.74. The van der Waals surface area contributed by atoms with Crippen LogP contribution >= 0.6 is 11.3 Å². The second kappa shape index (κ2) is 12.7. The van der Waals surface area contributed by atoms with Crippen molar-refractivity contribution in [1.82, 2.24) is 20.1 Å². The molecule has 232 valence electrons. The number of thiophene rings is 1. The van der Waals surface area contributed by atoms with Crippen molar-refractivity contribution in [1.29, 1.82) is 0 Å². The third-order valence-corrected chi connectivity index (χ3v) is 8.79. The van der Waals surface area contributed by atoms with E-state index in [1.54, 1.807) is 25.6 Å². The van der Waals surface area contributed by atoms with Gasteiger partial charge in [-0.1, -0.05) is 0 Å². The number of hydrogen-bond acceptors (Lipinski definition) is 8. The molecule has 3 N–H and O–H groups in total. The van der Waals surface area contributed by atoms with E-state index in [1.807, 2.05) is 16.9 Å². The van der Waals surface area contributed by atoms with E-state index >= 15 is 4.39 Å². The van der Waals surface area contributed by atoms with Crippen LogP contribution in [0.25, 0.3) is 20.7 Å². The fourth-order valence-electron chi connectivity index (χ4n) is 4.95. The summed E-state index contributed by atoms with van der Waals surface area (Å²) in [6.07, 6.45) is 5.91. The molecule has 1 fully saturated rings. The van der Waals surface area contributed by atoms with Crippen LogP contribution in [0.3, 0.4) is 0 Å². The van der Waals surface area contributed by atoms with Gasteiger partial charge in [-0.3, -0.25) is 24.2 Å². The van der Waals surface area contributed by atoms with E-state index in [9.17, 15) is 14.0 Å². The zero-order valence-corrected chi connectivity index (χ0v) is 25.2. The van der Waals surface area contributed by atoms with Crippen molar-refractivity contribution in [2.75, 3.05) is 31.7 Å². The molecule has 10 nitrogen and oxygen atoms in total. The van der Waals surface area contributed by atoms with Crippen LogP contribution < -0.4 is 20.7 Å². The number of nitrogens with one attached hydrogen (secondary N) is 1. The maximum atomic E-state index is 15.6. The van der Waals surface area contributed by atoms with Gasteiger partial charge in [0.05, 0.1) is 35.3 Å². The molecule has 1 saturated carbocycles. The molecule has 0 aliphatic heterocycles. The van der Waals surface area contributed by atoms with E-state index in [2.05, 4.69) is 15.4 Å². The minimum atomic E-state index is -1.38. The number of aromatic nitrogens is 3. The Morgan fingerprint density at radius 1 is 1.07 bits per heavy atom. The molecular formula is C32H30F2N6O4S. The van der Waals surface area contributed by atoms with E-state index in [0.29, 0.717) is 24.4 Å². The number of carbonyl (C=O) groups excluding carboxylic acids is 2. The van der Waals surface area contributed by atoms with E-state index in [0.717, 1.165) is 34.3 Å². The highest BCUT2D eigenvalue weighted by atomic mass is 32.1. The van der Waals surface area contributed by atoms with Gasteiger partial charge in [0.25, 0.3) is 0 Å². The monoisotopic (exact) mass is 632 g/mol. The van der Waals surface area contributed by atoms with Crippen molar-refractivity contribution < 1.29 is 27.8 Å². The Balaban J connectivity index is 1.24. The first-order chi connectivity index (χ1) is 21.8. The van der Waals surface area contributed by atoms with E-state index in [1.165, 1.54) is 52.6 Å². The number of ether oxygens (including phenoxy) is 2. The molecule has 3 aromatic heterocycles. The van der Waals surface area contributed by atoms with Gasteiger partial charge in [0.15, 0.2) is 11.6 Å². The number of rotatable bonds is 13. The predicted octanol–water partition coefficient (Wildman–Crippen LogP) is 5.40. The summed E-state index contributed by atoms with van der Waals surface area (Å²) in [6.45, 7) is 2.86. The first-order valence-corrected chi connectivity index (χ1v) is 15.1. The van der Waals surface area contributed by atoms with Gasteiger partial charge in [-0.05, 0) is 55.3 Å². The Morgan fingerprint density at radius 2 is 1.84 bits per heavy atom. The summed E-state index contributed by atoms with van der Waals surface area (Å²) in [5.74, 6) is -2.25.